The number of aromatic nitrogens is 4. The summed E-state index contributed by atoms with van der Waals surface area (Å²) in [6, 6.07) is 10.9. The Bertz CT molecular complexity index is 1120. The van der Waals surface area contributed by atoms with Crippen LogP contribution >= 0.6 is 0 Å². The molecule has 0 aliphatic carbocycles. The zero-order chi connectivity index (χ0) is 19.7. The number of aliphatic hydroxyl groups excluding tert-OH is 1. The van der Waals surface area contributed by atoms with Gasteiger partial charge in [0.1, 0.15) is 17.6 Å². The third-order valence-electron chi connectivity index (χ3n) is 4.57. The van der Waals surface area contributed by atoms with E-state index in [-0.39, 0.29) is 0 Å². The van der Waals surface area contributed by atoms with Gasteiger partial charge in [0.25, 0.3) is 0 Å². The van der Waals surface area contributed by atoms with Crippen LogP contribution in [0.5, 0.6) is 11.5 Å². The third kappa shape index (κ3) is 3.39. The first-order valence-corrected chi connectivity index (χ1v) is 8.74. The maximum Gasteiger partial charge on any atom is 0.122 e. The van der Waals surface area contributed by atoms with E-state index in [1.165, 1.54) is 0 Å². The minimum atomic E-state index is -0.850. The van der Waals surface area contributed by atoms with Crippen molar-refractivity contribution in [3.63, 3.8) is 0 Å². The molecule has 0 aliphatic heterocycles. The van der Waals surface area contributed by atoms with E-state index in [9.17, 15) is 5.11 Å². The summed E-state index contributed by atoms with van der Waals surface area (Å²) in [4.78, 5) is 9.16. The minimum absolute atomic E-state index is 0.618. The van der Waals surface area contributed by atoms with Crippen LogP contribution in [0.15, 0.2) is 55.0 Å². The van der Waals surface area contributed by atoms with Crippen LogP contribution in [0, 0.1) is 0 Å². The molecule has 2 heterocycles. The molecule has 142 valence electrons. The number of hydrogen-bond donors (Lipinski definition) is 1. The Kier molecular flexibility index (Phi) is 4.67. The Morgan fingerprint density at radius 2 is 1.68 bits per heavy atom. The Hall–Kier alpha value is -3.45. The van der Waals surface area contributed by atoms with E-state index in [1.54, 1.807) is 49.5 Å². The number of aliphatic hydroxyl groups is 1. The fraction of sp³-hybridized carbons (Fsp3) is 0.190. The Morgan fingerprint density at radius 1 is 0.929 bits per heavy atom. The van der Waals surface area contributed by atoms with Crippen LogP contribution in [0.2, 0.25) is 0 Å². The fourth-order valence-corrected chi connectivity index (χ4v) is 3.07. The molecule has 1 atom stereocenters. The molecule has 7 heteroatoms. The molecular formula is C21H20N4O3. The second-order valence-electron chi connectivity index (χ2n) is 6.45. The SMILES string of the molecule is COc1cc(OC)cc(C(O)c2ccc3ncc(-c4cnn(C)c4)nc3c2)c1. The first-order chi connectivity index (χ1) is 13.6. The smallest absolute Gasteiger partial charge is 0.122 e. The summed E-state index contributed by atoms with van der Waals surface area (Å²) in [6.45, 7) is 0. The lowest BCUT2D eigenvalue weighted by Gasteiger charge is -2.15. The molecule has 4 aromatic rings. The molecule has 0 bridgehead atoms. The summed E-state index contributed by atoms with van der Waals surface area (Å²) in [6.07, 6.45) is 4.51. The summed E-state index contributed by atoms with van der Waals surface area (Å²) < 4.78 is 12.3. The highest BCUT2D eigenvalue weighted by Gasteiger charge is 2.15. The largest absolute Gasteiger partial charge is 0.497 e. The summed E-state index contributed by atoms with van der Waals surface area (Å²) in [5.41, 5.74) is 4.46. The van der Waals surface area contributed by atoms with Gasteiger partial charge in [0.2, 0.25) is 0 Å². The van der Waals surface area contributed by atoms with Gasteiger partial charge < -0.3 is 14.6 Å². The zero-order valence-corrected chi connectivity index (χ0v) is 15.8. The van der Waals surface area contributed by atoms with E-state index in [0.29, 0.717) is 28.1 Å². The number of aryl methyl sites for hydroxylation is 1. The molecule has 0 radical (unpaired) electrons. The highest BCUT2D eigenvalue weighted by atomic mass is 16.5. The average molecular weight is 376 g/mol. The predicted octanol–water partition coefficient (Wildman–Crippen LogP) is 3.13. The van der Waals surface area contributed by atoms with E-state index >= 15 is 0 Å². The second kappa shape index (κ2) is 7.28. The molecule has 1 unspecified atom stereocenters. The molecule has 28 heavy (non-hydrogen) atoms. The molecule has 7 nitrogen and oxygen atoms in total. The number of benzene rings is 2. The van der Waals surface area contributed by atoms with Crippen LogP contribution in [0.1, 0.15) is 17.2 Å². The number of fused-ring (bicyclic) bond motifs is 1. The van der Waals surface area contributed by atoms with Crippen LogP contribution < -0.4 is 9.47 Å². The summed E-state index contributed by atoms with van der Waals surface area (Å²) >= 11 is 0. The Balaban J connectivity index is 1.74. The maximum absolute atomic E-state index is 10.9. The van der Waals surface area contributed by atoms with Gasteiger partial charge in [0.05, 0.1) is 43.3 Å². The molecule has 1 N–H and O–H groups in total. The molecule has 0 saturated carbocycles. The number of rotatable bonds is 5. The van der Waals surface area contributed by atoms with Gasteiger partial charge in [-0.15, -0.1) is 0 Å². The Morgan fingerprint density at radius 3 is 2.32 bits per heavy atom. The van der Waals surface area contributed by atoms with Crippen LogP contribution in [0.4, 0.5) is 0 Å². The average Bonchev–Trinajstić information content (AvgIpc) is 3.18. The monoisotopic (exact) mass is 376 g/mol. The topological polar surface area (TPSA) is 82.3 Å². The first kappa shape index (κ1) is 17.9. The molecular weight excluding hydrogens is 356 g/mol. The molecule has 0 fully saturated rings. The van der Waals surface area contributed by atoms with E-state index in [2.05, 4.69) is 15.1 Å². The van der Waals surface area contributed by atoms with E-state index in [4.69, 9.17) is 9.47 Å². The number of nitrogens with zero attached hydrogens (tertiary/aromatic N) is 4. The van der Waals surface area contributed by atoms with E-state index in [0.717, 1.165) is 16.8 Å². The van der Waals surface area contributed by atoms with Crippen molar-refractivity contribution in [1.82, 2.24) is 19.7 Å². The highest BCUT2D eigenvalue weighted by Crippen LogP contribution is 2.31. The lowest BCUT2D eigenvalue weighted by atomic mass is 10.0. The minimum Gasteiger partial charge on any atom is -0.497 e. The Labute approximate surface area is 162 Å². The van der Waals surface area contributed by atoms with Gasteiger partial charge in [-0.25, -0.2) is 4.98 Å². The van der Waals surface area contributed by atoms with Crippen molar-refractivity contribution in [3.05, 3.63) is 66.1 Å². The van der Waals surface area contributed by atoms with Gasteiger partial charge in [0, 0.05) is 24.9 Å². The van der Waals surface area contributed by atoms with Crippen molar-refractivity contribution < 1.29 is 14.6 Å². The van der Waals surface area contributed by atoms with E-state index < -0.39 is 6.10 Å². The molecule has 0 spiro atoms. The number of hydrogen-bond acceptors (Lipinski definition) is 6. The molecule has 0 saturated heterocycles. The van der Waals surface area contributed by atoms with Gasteiger partial charge in [-0.3, -0.25) is 9.67 Å². The van der Waals surface area contributed by atoms with Gasteiger partial charge in [-0.05, 0) is 35.4 Å². The number of ether oxygens (including phenoxy) is 2. The van der Waals surface area contributed by atoms with Gasteiger partial charge in [-0.1, -0.05) is 6.07 Å². The lowest BCUT2D eigenvalue weighted by Crippen LogP contribution is -2.02. The summed E-state index contributed by atoms with van der Waals surface area (Å²) in [7, 11) is 5.02. The second-order valence-corrected chi connectivity index (χ2v) is 6.45. The standard InChI is InChI=1S/C21H20N4O3/c1-25-12-15(10-23-25)20-11-22-18-5-4-13(8-19(18)24-20)21(26)14-6-16(27-2)9-17(7-14)28-3/h4-12,21,26H,1-3H3. The zero-order valence-electron chi connectivity index (χ0n) is 15.8. The van der Waals surface area contributed by atoms with Gasteiger partial charge >= 0.3 is 0 Å². The van der Waals surface area contributed by atoms with Crippen molar-refractivity contribution >= 4 is 11.0 Å². The lowest BCUT2D eigenvalue weighted by molar-refractivity contribution is 0.219. The van der Waals surface area contributed by atoms with Crippen LogP contribution in [0.3, 0.4) is 0 Å². The predicted molar refractivity (Wildman–Crippen MR) is 105 cm³/mol. The van der Waals surface area contributed by atoms with Crippen LogP contribution in [0.25, 0.3) is 22.3 Å². The number of methoxy groups -OCH3 is 2. The van der Waals surface area contributed by atoms with Crippen molar-refractivity contribution in [2.45, 2.75) is 6.10 Å². The molecule has 0 amide bonds. The highest BCUT2D eigenvalue weighted by molar-refractivity contribution is 5.77. The van der Waals surface area contributed by atoms with Crippen LogP contribution in [-0.2, 0) is 7.05 Å². The van der Waals surface area contributed by atoms with Crippen molar-refractivity contribution in [1.29, 1.82) is 0 Å². The fourth-order valence-electron chi connectivity index (χ4n) is 3.07. The first-order valence-electron chi connectivity index (χ1n) is 8.74. The summed E-state index contributed by atoms with van der Waals surface area (Å²) in [5.74, 6) is 1.24. The maximum atomic E-state index is 10.9. The van der Waals surface area contributed by atoms with E-state index in [1.807, 2.05) is 31.4 Å². The summed E-state index contributed by atoms with van der Waals surface area (Å²) in [5, 5.41) is 15.1. The molecule has 0 aliphatic rings. The molecule has 2 aromatic carbocycles. The van der Waals surface area contributed by atoms with Gasteiger partial charge in [-0.2, -0.15) is 5.10 Å². The van der Waals surface area contributed by atoms with Crippen molar-refractivity contribution in [3.8, 4) is 22.8 Å². The van der Waals surface area contributed by atoms with Crippen LogP contribution in [-0.4, -0.2) is 39.1 Å². The molecule has 4 rings (SSSR count). The van der Waals surface area contributed by atoms with Crippen molar-refractivity contribution in [2.75, 3.05) is 14.2 Å². The normalized spacial score (nSPS) is 12.1. The molecule has 2 aromatic heterocycles. The quantitative estimate of drug-likeness (QED) is 0.576. The van der Waals surface area contributed by atoms with Gasteiger partial charge in [0.15, 0.2) is 0 Å². The van der Waals surface area contributed by atoms with Crippen molar-refractivity contribution in [2.24, 2.45) is 7.05 Å². The third-order valence-corrected chi connectivity index (χ3v) is 4.57.